The van der Waals surface area contributed by atoms with Crippen LogP contribution in [0.4, 0.5) is 19.4 Å². The Hall–Kier alpha value is -2.86. The molecule has 3 rings (SSSR count). The highest BCUT2D eigenvalue weighted by atomic mass is 32.2. The van der Waals surface area contributed by atoms with Gasteiger partial charge in [-0.1, -0.05) is 0 Å². The van der Waals surface area contributed by atoms with Crippen LogP contribution in [0.15, 0.2) is 29.3 Å². The Bertz CT molecular complexity index is 1150. The van der Waals surface area contributed by atoms with Crippen molar-refractivity contribution in [1.29, 1.82) is 0 Å². The smallest absolute Gasteiger partial charge is 0.435 e. The summed E-state index contributed by atoms with van der Waals surface area (Å²) in [7, 11) is -4.17. The van der Waals surface area contributed by atoms with Gasteiger partial charge in [-0.15, -0.1) is 5.10 Å². The van der Waals surface area contributed by atoms with Crippen LogP contribution in [-0.2, 0) is 14.8 Å². The third kappa shape index (κ3) is 5.44. The monoisotopic (exact) mass is 456 g/mol. The molecule has 1 heterocycles. The van der Waals surface area contributed by atoms with Crippen molar-refractivity contribution in [2.45, 2.75) is 56.6 Å². The molecule has 0 atom stereocenters. The van der Waals surface area contributed by atoms with Gasteiger partial charge in [-0.05, 0) is 52.7 Å². The van der Waals surface area contributed by atoms with Gasteiger partial charge in [0, 0.05) is 17.8 Å². The first kappa shape index (κ1) is 22.8. The van der Waals surface area contributed by atoms with Crippen molar-refractivity contribution in [3.05, 3.63) is 41.6 Å². The summed E-state index contributed by atoms with van der Waals surface area (Å²) in [6, 6.07) is 2.50. The van der Waals surface area contributed by atoms with Crippen molar-refractivity contribution >= 4 is 27.8 Å². The predicted molar refractivity (Wildman–Crippen MR) is 106 cm³/mol. The van der Waals surface area contributed by atoms with Crippen LogP contribution in [-0.4, -0.2) is 41.3 Å². The van der Waals surface area contributed by atoms with E-state index in [1.54, 1.807) is 27.7 Å². The number of benzene rings is 1. The Labute approximate surface area is 177 Å². The SMILES string of the molecule is CC1(NS(=O)(=O)c2cc(F)c(F)c(C(=O)Nc3ccn(C(=O)OC(C)(C)C)n3)c2)CC1. The fourth-order valence-electron chi connectivity index (χ4n) is 2.54. The Morgan fingerprint density at radius 1 is 1.23 bits per heavy atom. The van der Waals surface area contributed by atoms with E-state index in [1.807, 2.05) is 0 Å². The number of amides is 1. The number of carbonyl (C=O) groups excluding carboxylic acids is 2. The van der Waals surface area contributed by atoms with E-state index in [1.165, 1.54) is 12.3 Å². The maximum Gasteiger partial charge on any atom is 0.435 e. The molecule has 1 aromatic carbocycles. The second-order valence-electron chi connectivity index (χ2n) is 8.51. The number of carbonyl (C=O) groups is 2. The van der Waals surface area contributed by atoms with Crippen LogP contribution < -0.4 is 10.0 Å². The maximum atomic E-state index is 14.2. The summed E-state index contributed by atoms with van der Waals surface area (Å²) in [4.78, 5) is 23.9. The zero-order valence-electron chi connectivity index (χ0n) is 17.3. The van der Waals surface area contributed by atoms with E-state index < -0.39 is 55.3 Å². The van der Waals surface area contributed by atoms with Gasteiger partial charge in [0.25, 0.3) is 5.91 Å². The van der Waals surface area contributed by atoms with E-state index in [2.05, 4.69) is 15.1 Å². The van der Waals surface area contributed by atoms with Crippen molar-refractivity contribution in [3.8, 4) is 0 Å². The molecule has 2 N–H and O–H groups in total. The van der Waals surface area contributed by atoms with Gasteiger partial charge >= 0.3 is 6.09 Å². The molecule has 0 radical (unpaired) electrons. The van der Waals surface area contributed by atoms with E-state index in [0.717, 1.165) is 10.7 Å². The fourth-order valence-corrected chi connectivity index (χ4v) is 4.04. The van der Waals surface area contributed by atoms with Gasteiger partial charge in [0.15, 0.2) is 17.5 Å². The van der Waals surface area contributed by atoms with Crippen molar-refractivity contribution < 1.29 is 31.5 Å². The predicted octanol–water partition coefficient (Wildman–Crippen LogP) is 3.03. The molecule has 0 saturated heterocycles. The average molecular weight is 456 g/mol. The molecule has 1 saturated carbocycles. The number of hydrogen-bond donors (Lipinski definition) is 2. The summed E-state index contributed by atoms with van der Waals surface area (Å²) < 4.78 is 61.6. The molecule has 0 unspecified atom stereocenters. The molecular weight excluding hydrogens is 434 g/mol. The van der Waals surface area contributed by atoms with Crippen molar-refractivity contribution in [2.24, 2.45) is 0 Å². The molecule has 168 valence electrons. The number of anilines is 1. The molecule has 1 aliphatic rings. The maximum absolute atomic E-state index is 14.2. The third-order valence-corrected chi connectivity index (χ3v) is 5.97. The molecule has 0 aliphatic heterocycles. The number of sulfonamides is 1. The molecule has 12 heteroatoms. The van der Waals surface area contributed by atoms with E-state index in [0.29, 0.717) is 18.9 Å². The van der Waals surface area contributed by atoms with E-state index >= 15 is 0 Å². The van der Waals surface area contributed by atoms with Gasteiger partial charge in [-0.3, -0.25) is 4.79 Å². The highest BCUT2D eigenvalue weighted by molar-refractivity contribution is 7.89. The molecule has 1 aliphatic carbocycles. The number of ether oxygens (including phenoxy) is 1. The van der Waals surface area contributed by atoms with Crippen LogP contribution >= 0.6 is 0 Å². The zero-order valence-corrected chi connectivity index (χ0v) is 18.1. The first-order valence-electron chi connectivity index (χ1n) is 9.33. The van der Waals surface area contributed by atoms with Crippen LogP contribution in [0.5, 0.6) is 0 Å². The summed E-state index contributed by atoms with van der Waals surface area (Å²) in [6.45, 7) is 6.66. The molecule has 9 nitrogen and oxygen atoms in total. The Kier molecular flexibility index (Phi) is 5.65. The first-order valence-corrected chi connectivity index (χ1v) is 10.8. The number of halogens is 2. The fraction of sp³-hybridized carbons (Fsp3) is 0.421. The van der Waals surface area contributed by atoms with E-state index in [9.17, 15) is 26.8 Å². The molecule has 2 aromatic rings. The van der Waals surface area contributed by atoms with Gasteiger partial charge in [0.05, 0.1) is 10.5 Å². The van der Waals surface area contributed by atoms with Crippen LogP contribution in [0.2, 0.25) is 0 Å². The lowest BCUT2D eigenvalue weighted by Gasteiger charge is -2.18. The van der Waals surface area contributed by atoms with Crippen LogP contribution in [0.25, 0.3) is 0 Å². The average Bonchev–Trinajstić information content (AvgIpc) is 3.14. The minimum absolute atomic E-state index is 0.146. The van der Waals surface area contributed by atoms with Gasteiger partial charge in [-0.25, -0.2) is 26.7 Å². The van der Waals surface area contributed by atoms with Crippen LogP contribution in [0, 0.1) is 11.6 Å². The number of hydrogen-bond acceptors (Lipinski definition) is 6. The number of nitrogens with one attached hydrogen (secondary N) is 2. The van der Waals surface area contributed by atoms with Gasteiger partial charge < -0.3 is 10.1 Å². The largest absolute Gasteiger partial charge is 0.442 e. The molecular formula is C19H22F2N4O5S. The second kappa shape index (κ2) is 7.68. The van der Waals surface area contributed by atoms with Crippen LogP contribution in [0.1, 0.15) is 50.9 Å². The molecule has 1 fully saturated rings. The lowest BCUT2D eigenvalue weighted by atomic mass is 10.2. The third-order valence-electron chi connectivity index (χ3n) is 4.35. The molecule has 1 aromatic heterocycles. The van der Waals surface area contributed by atoms with E-state index in [-0.39, 0.29) is 5.82 Å². The van der Waals surface area contributed by atoms with Gasteiger partial charge in [0.1, 0.15) is 5.60 Å². The number of nitrogens with zero attached hydrogens (tertiary/aromatic N) is 2. The summed E-state index contributed by atoms with van der Waals surface area (Å²) in [6.07, 6.45) is 1.63. The van der Waals surface area contributed by atoms with Gasteiger partial charge in [0.2, 0.25) is 10.0 Å². The number of rotatable bonds is 5. The highest BCUT2D eigenvalue weighted by Gasteiger charge is 2.41. The number of aromatic nitrogens is 2. The van der Waals surface area contributed by atoms with Crippen molar-refractivity contribution in [2.75, 3.05) is 5.32 Å². The molecule has 0 spiro atoms. The first-order chi connectivity index (χ1) is 14.2. The normalized spacial score (nSPS) is 15.4. The molecule has 0 bridgehead atoms. The van der Waals surface area contributed by atoms with Crippen molar-refractivity contribution in [3.63, 3.8) is 0 Å². The Morgan fingerprint density at radius 2 is 1.87 bits per heavy atom. The standard InChI is InChI=1S/C19H22F2N4O5S/c1-18(2,3)30-17(27)25-8-5-14(23-25)22-16(26)12-9-11(10-13(20)15(12)21)31(28,29)24-19(4)6-7-19/h5,8-10,24H,6-7H2,1-4H3,(H,22,23,26). The Morgan fingerprint density at radius 3 is 2.45 bits per heavy atom. The second-order valence-corrected chi connectivity index (χ2v) is 10.2. The van der Waals surface area contributed by atoms with E-state index in [4.69, 9.17) is 4.74 Å². The lowest BCUT2D eigenvalue weighted by molar-refractivity contribution is 0.0514. The minimum atomic E-state index is -4.17. The summed E-state index contributed by atoms with van der Waals surface area (Å²) >= 11 is 0. The van der Waals surface area contributed by atoms with Gasteiger partial charge in [-0.2, -0.15) is 4.68 Å². The minimum Gasteiger partial charge on any atom is -0.442 e. The Balaban J connectivity index is 1.82. The summed E-state index contributed by atoms with van der Waals surface area (Å²) in [5.41, 5.74) is -2.24. The van der Waals surface area contributed by atoms with Crippen molar-refractivity contribution in [1.82, 2.24) is 14.5 Å². The molecule has 31 heavy (non-hydrogen) atoms. The summed E-state index contributed by atoms with van der Waals surface area (Å²) in [5.74, 6) is -4.29. The quantitative estimate of drug-likeness (QED) is 0.714. The topological polar surface area (TPSA) is 119 Å². The zero-order chi connectivity index (χ0) is 23.2. The highest BCUT2D eigenvalue weighted by Crippen LogP contribution is 2.36. The summed E-state index contributed by atoms with van der Waals surface area (Å²) in [5, 5.41) is 6.01. The lowest BCUT2D eigenvalue weighted by Crippen LogP contribution is -2.34. The van der Waals surface area contributed by atoms with Crippen LogP contribution in [0.3, 0.4) is 0 Å². The molecule has 1 amide bonds.